The van der Waals surface area contributed by atoms with Gasteiger partial charge in [0.15, 0.2) is 0 Å². The fraction of sp³-hybridized carbons (Fsp3) is 0.400. The fourth-order valence-corrected chi connectivity index (χ4v) is 2.30. The lowest BCUT2D eigenvalue weighted by atomic mass is 10.2. The summed E-state index contributed by atoms with van der Waals surface area (Å²) in [7, 11) is -1.10. The third-order valence-corrected chi connectivity index (χ3v) is 3.92. The van der Waals surface area contributed by atoms with Gasteiger partial charge in [-0.1, -0.05) is 56.0 Å². The standard InChI is InChI=1S/C15H22O2Si/c1-18(2,3)13-7-10-15(16)17-12-11-14-8-5-4-6-9-14/h4-10H,11-13H2,1-3H3/b10-7+. The summed E-state index contributed by atoms with van der Waals surface area (Å²) in [6.45, 7) is 7.27. The van der Waals surface area contributed by atoms with Gasteiger partial charge in [-0.15, -0.1) is 0 Å². The van der Waals surface area contributed by atoms with Gasteiger partial charge in [-0.2, -0.15) is 0 Å². The molecule has 3 heteroatoms. The van der Waals surface area contributed by atoms with E-state index in [1.807, 2.05) is 36.4 Å². The molecular formula is C15H22O2Si. The first-order valence-corrected chi connectivity index (χ1v) is 10.1. The molecule has 0 fully saturated rings. The number of hydrogen-bond acceptors (Lipinski definition) is 2. The Balaban J connectivity index is 2.22. The number of esters is 1. The zero-order chi connectivity index (χ0) is 13.4. The van der Waals surface area contributed by atoms with Crippen molar-refractivity contribution >= 4 is 14.0 Å². The van der Waals surface area contributed by atoms with Crippen LogP contribution in [-0.2, 0) is 16.0 Å². The van der Waals surface area contributed by atoms with Crippen LogP contribution in [-0.4, -0.2) is 20.7 Å². The van der Waals surface area contributed by atoms with E-state index < -0.39 is 8.07 Å². The van der Waals surface area contributed by atoms with Crippen molar-refractivity contribution in [1.29, 1.82) is 0 Å². The molecule has 0 aliphatic carbocycles. The third-order valence-electron chi connectivity index (χ3n) is 2.46. The molecular weight excluding hydrogens is 240 g/mol. The maximum Gasteiger partial charge on any atom is 0.330 e. The van der Waals surface area contributed by atoms with Crippen LogP contribution in [0.25, 0.3) is 0 Å². The van der Waals surface area contributed by atoms with Crippen molar-refractivity contribution in [2.24, 2.45) is 0 Å². The lowest BCUT2D eigenvalue weighted by molar-refractivity contribution is -0.137. The van der Waals surface area contributed by atoms with E-state index in [0.29, 0.717) is 6.61 Å². The second-order valence-electron chi connectivity index (χ2n) is 5.57. The second kappa shape index (κ2) is 7.16. The van der Waals surface area contributed by atoms with Gasteiger partial charge in [0.1, 0.15) is 0 Å². The van der Waals surface area contributed by atoms with Crippen LogP contribution in [0.2, 0.25) is 25.7 Å². The molecule has 0 N–H and O–H groups in total. The molecule has 0 aliphatic heterocycles. The number of ether oxygens (including phenoxy) is 1. The van der Waals surface area contributed by atoms with Gasteiger partial charge >= 0.3 is 5.97 Å². The van der Waals surface area contributed by atoms with Gasteiger partial charge in [0, 0.05) is 20.6 Å². The second-order valence-corrected chi connectivity index (χ2v) is 11.1. The highest BCUT2D eigenvalue weighted by Crippen LogP contribution is 2.08. The molecule has 18 heavy (non-hydrogen) atoms. The van der Waals surface area contributed by atoms with Gasteiger partial charge < -0.3 is 4.74 Å². The van der Waals surface area contributed by atoms with Crippen LogP contribution in [0.5, 0.6) is 0 Å². The molecule has 0 bridgehead atoms. The van der Waals surface area contributed by atoms with Gasteiger partial charge in [0.25, 0.3) is 0 Å². The normalized spacial score (nSPS) is 11.7. The van der Waals surface area contributed by atoms with Gasteiger partial charge in [-0.05, 0) is 11.6 Å². The van der Waals surface area contributed by atoms with Gasteiger partial charge in [-0.25, -0.2) is 4.79 Å². The largest absolute Gasteiger partial charge is 0.462 e. The predicted octanol–water partition coefficient (Wildman–Crippen LogP) is 3.67. The van der Waals surface area contributed by atoms with E-state index in [0.717, 1.165) is 12.5 Å². The van der Waals surface area contributed by atoms with Crippen molar-refractivity contribution in [2.45, 2.75) is 32.1 Å². The van der Waals surface area contributed by atoms with E-state index in [9.17, 15) is 4.79 Å². The Kier molecular flexibility index (Phi) is 5.85. The summed E-state index contributed by atoms with van der Waals surface area (Å²) in [5.41, 5.74) is 1.19. The van der Waals surface area contributed by atoms with Gasteiger partial charge in [-0.3, -0.25) is 0 Å². The zero-order valence-electron chi connectivity index (χ0n) is 11.5. The summed E-state index contributed by atoms with van der Waals surface area (Å²) in [6.07, 6.45) is 4.27. The van der Waals surface area contributed by atoms with E-state index in [2.05, 4.69) is 19.6 Å². The van der Waals surface area contributed by atoms with E-state index >= 15 is 0 Å². The molecule has 0 amide bonds. The first-order valence-electron chi connectivity index (χ1n) is 6.34. The van der Waals surface area contributed by atoms with Crippen LogP contribution >= 0.6 is 0 Å². The molecule has 1 aromatic carbocycles. The Morgan fingerprint density at radius 1 is 1.22 bits per heavy atom. The van der Waals surface area contributed by atoms with Crippen LogP contribution in [0, 0.1) is 0 Å². The number of allylic oxidation sites excluding steroid dienone is 1. The lowest BCUT2D eigenvalue weighted by Crippen LogP contribution is -2.17. The molecule has 0 radical (unpaired) electrons. The summed E-state index contributed by atoms with van der Waals surface area (Å²) in [6, 6.07) is 11.1. The number of carbonyl (C=O) groups excluding carboxylic acids is 1. The molecule has 0 saturated carbocycles. The van der Waals surface area contributed by atoms with Gasteiger partial charge in [0.2, 0.25) is 0 Å². The highest BCUT2D eigenvalue weighted by Gasteiger charge is 2.09. The zero-order valence-corrected chi connectivity index (χ0v) is 12.5. The first-order chi connectivity index (χ1) is 8.47. The first kappa shape index (κ1) is 14.7. The molecule has 1 aromatic rings. The number of carbonyl (C=O) groups is 1. The van der Waals surface area contributed by atoms with Crippen molar-refractivity contribution in [1.82, 2.24) is 0 Å². The van der Waals surface area contributed by atoms with Crippen molar-refractivity contribution in [2.75, 3.05) is 6.61 Å². The van der Waals surface area contributed by atoms with Crippen LogP contribution in [0.1, 0.15) is 5.56 Å². The third kappa shape index (κ3) is 7.07. The highest BCUT2D eigenvalue weighted by atomic mass is 28.3. The molecule has 2 nitrogen and oxygen atoms in total. The Hall–Kier alpha value is -1.35. The van der Waals surface area contributed by atoms with Crippen LogP contribution in [0.3, 0.4) is 0 Å². The SMILES string of the molecule is C[Si](C)(C)C/C=C/C(=O)OCCc1ccccc1. The minimum Gasteiger partial charge on any atom is -0.462 e. The summed E-state index contributed by atoms with van der Waals surface area (Å²) >= 11 is 0. The Labute approximate surface area is 111 Å². The molecule has 98 valence electrons. The Bertz CT molecular complexity index is 391. The lowest BCUT2D eigenvalue weighted by Gasteiger charge is -2.11. The van der Waals surface area contributed by atoms with E-state index in [1.165, 1.54) is 5.56 Å². The molecule has 0 saturated heterocycles. The predicted molar refractivity (Wildman–Crippen MR) is 78.4 cm³/mol. The minimum absolute atomic E-state index is 0.232. The molecule has 1 rings (SSSR count). The average molecular weight is 262 g/mol. The molecule has 0 spiro atoms. The van der Waals surface area contributed by atoms with E-state index in [4.69, 9.17) is 4.74 Å². The molecule has 0 aliphatic rings. The van der Waals surface area contributed by atoms with Crippen molar-refractivity contribution in [3.05, 3.63) is 48.0 Å². The van der Waals surface area contributed by atoms with Crippen LogP contribution in [0.4, 0.5) is 0 Å². The summed E-state index contributed by atoms with van der Waals surface area (Å²) in [5, 5.41) is 0. The number of benzene rings is 1. The van der Waals surface area contributed by atoms with Crippen molar-refractivity contribution in [3.8, 4) is 0 Å². The van der Waals surface area contributed by atoms with Crippen LogP contribution < -0.4 is 0 Å². The summed E-state index contributed by atoms with van der Waals surface area (Å²) in [4.78, 5) is 11.4. The topological polar surface area (TPSA) is 26.3 Å². The fourth-order valence-electron chi connectivity index (χ4n) is 1.47. The maximum atomic E-state index is 11.4. The smallest absolute Gasteiger partial charge is 0.330 e. The van der Waals surface area contributed by atoms with Crippen molar-refractivity contribution < 1.29 is 9.53 Å². The Morgan fingerprint density at radius 3 is 2.50 bits per heavy atom. The van der Waals surface area contributed by atoms with E-state index in [-0.39, 0.29) is 5.97 Å². The highest BCUT2D eigenvalue weighted by molar-refractivity contribution is 6.76. The molecule has 0 unspecified atom stereocenters. The minimum atomic E-state index is -1.10. The van der Waals surface area contributed by atoms with E-state index in [1.54, 1.807) is 6.08 Å². The molecule has 0 heterocycles. The van der Waals surface area contributed by atoms with Gasteiger partial charge in [0.05, 0.1) is 6.61 Å². The van der Waals surface area contributed by atoms with Crippen LogP contribution in [0.15, 0.2) is 42.5 Å². The molecule has 0 atom stereocenters. The summed E-state index contributed by atoms with van der Waals surface area (Å²) in [5.74, 6) is -0.232. The molecule has 0 aromatic heterocycles. The average Bonchev–Trinajstić information content (AvgIpc) is 2.28. The Morgan fingerprint density at radius 2 is 1.89 bits per heavy atom. The quantitative estimate of drug-likeness (QED) is 0.444. The number of hydrogen-bond donors (Lipinski definition) is 0. The summed E-state index contributed by atoms with van der Waals surface area (Å²) < 4.78 is 5.15. The van der Waals surface area contributed by atoms with Crippen molar-refractivity contribution in [3.63, 3.8) is 0 Å². The maximum absolute atomic E-state index is 11.4. The monoisotopic (exact) mass is 262 g/mol. The number of rotatable bonds is 6.